The Kier molecular flexibility index (Phi) is 6.06. The molecular formula is C23H24FN5O3. The monoisotopic (exact) mass is 437 g/mol. The summed E-state index contributed by atoms with van der Waals surface area (Å²) < 4.78 is 26.1. The predicted octanol–water partition coefficient (Wildman–Crippen LogP) is 2.91. The van der Waals surface area contributed by atoms with Crippen LogP contribution in [0.4, 0.5) is 4.39 Å². The fourth-order valence-corrected chi connectivity index (χ4v) is 4.00. The highest BCUT2D eigenvalue weighted by molar-refractivity contribution is 5.68. The van der Waals surface area contributed by atoms with Crippen molar-refractivity contribution < 1.29 is 13.7 Å². The number of methoxy groups -OCH3 is 1. The molecule has 0 bridgehead atoms. The highest BCUT2D eigenvalue weighted by atomic mass is 19.1. The Morgan fingerprint density at radius 3 is 2.81 bits per heavy atom. The molecule has 8 nitrogen and oxygen atoms in total. The number of benzene rings is 1. The molecule has 1 aromatic carbocycles. The highest BCUT2D eigenvalue weighted by Gasteiger charge is 2.23. The Labute approximate surface area is 184 Å². The molecule has 166 valence electrons. The standard InChI is InChI=1S/C23H24FN5O3/c1-4-22-26-19-6-7-28(5-2)13-17(19)23(30)29(22)12-15-9-20(32-27-15)16-10-21(31-3)18(24)8-14(16)11-25/h8-10H,4-7,12-13H2,1-3H3. The number of fused-ring (bicyclic) bond motifs is 1. The number of nitrogens with zero attached hydrogens (tertiary/aromatic N) is 5. The van der Waals surface area contributed by atoms with Crippen molar-refractivity contribution in [2.75, 3.05) is 20.2 Å². The van der Waals surface area contributed by atoms with Gasteiger partial charge in [-0.05, 0) is 18.7 Å². The molecule has 0 saturated carbocycles. The number of likely N-dealkylation sites (N-methyl/N-ethyl adjacent to an activating group) is 1. The summed E-state index contributed by atoms with van der Waals surface area (Å²) >= 11 is 0. The number of aromatic nitrogens is 3. The Bertz CT molecular complexity index is 1260. The SMILES string of the molecule is CCc1nc2c(c(=O)n1Cc1cc(-c3cc(OC)c(F)cc3C#N)on1)CN(CC)CC2. The summed E-state index contributed by atoms with van der Waals surface area (Å²) in [6.45, 7) is 6.60. The summed E-state index contributed by atoms with van der Waals surface area (Å²) in [6, 6.07) is 6.12. The molecule has 3 heterocycles. The van der Waals surface area contributed by atoms with Gasteiger partial charge in [-0.15, -0.1) is 0 Å². The van der Waals surface area contributed by atoms with Crippen molar-refractivity contribution >= 4 is 0 Å². The van der Waals surface area contributed by atoms with Crippen LogP contribution in [0.3, 0.4) is 0 Å². The highest BCUT2D eigenvalue weighted by Crippen LogP contribution is 2.30. The molecule has 0 fully saturated rings. The number of nitriles is 1. The molecule has 32 heavy (non-hydrogen) atoms. The minimum absolute atomic E-state index is 0.000745. The Balaban J connectivity index is 1.71. The van der Waals surface area contributed by atoms with E-state index in [2.05, 4.69) is 17.0 Å². The third-order valence-electron chi connectivity index (χ3n) is 5.79. The van der Waals surface area contributed by atoms with Gasteiger partial charge in [0.05, 0.1) is 30.5 Å². The zero-order valence-electron chi connectivity index (χ0n) is 18.3. The Hall–Kier alpha value is -3.51. The van der Waals surface area contributed by atoms with Gasteiger partial charge in [0.15, 0.2) is 17.3 Å². The molecule has 0 N–H and O–H groups in total. The molecule has 9 heteroatoms. The van der Waals surface area contributed by atoms with E-state index in [0.29, 0.717) is 35.8 Å². The molecule has 3 aromatic rings. The van der Waals surface area contributed by atoms with E-state index in [-0.39, 0.29) is 23.4 Å². The number of hydrogen-bond acceptors (Lipinski definition) is 7. The second-order valence-corrected chi connectivity index (χ2v) is 7.64. The molecule has 1 aliphatic rings. The van der Waals surface area contributed by atoms with E-state index in [1.165, 1.54) is 13.2 Å². The van der Waals surface area contributed by atoms with E-state index >= 15 is 0 Å². The number of hydrogen-bond donors (Lipinski definition) is 0. The third-order valence-corrected chi connectivity index (χ3v) is 5.79. The number of ether oxygens (including phenoxy) is 1. The van der Waals surface area contributed by atoms with E-state index in [1.807, 2.05) is 13.0 Å². The van der Waals surface area contributed by atoms with Crippen LogP contribution in [0.15, 0.2) is 27.5 Å². The minimum atomic E-state index is -0.632. The van der Waals surface area contributed by atoms with Crippen LogP contribution in [0, 0.1) is 17.1 Å². The van der Waals surface area contributed by atoms with Crippen LogP contribution >= 0.6 is 0 Å². The lowest BCUT2D eigenvalue weighted by Crippen LogP contribution is -2.39. The molecule has 0 aliphatic carbocycles. The number of rotatable bonds is 6. The summed E-state index contributed by atoms with van der Waals surface area (Å²) in [5, 5.41) is 13.5. The van der Waals surface area contributed by atoms with Crippen molar-refractivity contribution in [3.63, 3.8) is 0 Å². The first kappa shape index (κ1) is 21.7. The number of aryl methyl sites for hydroxylation is 1. The van der Waals surface area contributed by atoms with Crippen LogP contribution in [0.25, 0.3) is 11.3 Å². The molecule has 4 rings (SSSR count). The van der Waals surface area contributed by atoms with E-state index < -0.39 is 5.82 Å². The first-order valence-corrected chi connectivity index (χ1v) is 10.6. The summed E-state index contributed by atoms with van der Waals surface area (Å²) in [5.41, 5.74) is 2.53. The van der Waals surface area contributed by atoms with Gasteiger partial charge in [-0.25, -0.2) is 9.37 Å². The average molecular weight is 437 g/mol. The number of halogens is 1. The lowest BCUT2D eigenvalue weighted by molar-refractivity contribution is 0.262. The summed E-state index contributed by atoms with van der Waals surface area (Å²) in [5.74, 6) is 0.363. The smallest absolute Gasteiger partial charge is 0.258 e. The largest absolute Gasteiger partial charge is 0.494 e. The van der Waals surface area contributed by atoms with Crippen molar-refractivity contribution in [3.8, 4) is 23.1 Å². The van der Waals surface area contributed by atoms with Gasteiger partial charge in [-0.1, -0.05) is 19.0 Å². The molecule has 0 spiro atoms. The van der Waals surface area contributed by atoms with E-state index in [9.17, 15) is 14.4 Å². The van der Waals surface area contributed by atoms with Crippen LogP contribution in [-0.2, 0) is 25.9 Å². The van der Waals surface area contributed by atoms with E-state index in [0.717, 1.165) is 36.8 Å². The van der Waals surface area contributed by atoms with E-state index in [1.54, 1.807) is 10.6 Å². The zero-order chi connectivity index (χ0) is 22.8. The molecule has 0 radical (unpaired) electrons. The summed E-state index contributed by atoms with van der Waals surface area (Å²) in [6.07, 6.45) is 1.38. The second kappa shape index (κ2) is 8.93. The van der Waals surface area contributed by atoms with Crippen LogP contribution in [0.5, 0.6) is 5.75 Å². The van der Waals surface area contributed by atoms with Gasteiger partial charge in [0.1, 0.15) is 17.6 Å². The second-order valence-electron chi connectivity index (χ2n) is 7.64. The topological polar surface area (TPSA) is 97.2 Å². The first-order chi connectivity index (χ1) is 15.5. The van der Waals surface area contributed by atoms with Crippen molar-refractivity contribution in [1.29, 1.82) is 5.26 Å². The fraction of sp³-hybridized carbons (Fsp3) is 0.391. The lowest BCUT2D eigenvalue weighted by Gasteiger charge is -2.27. The Morgan fingerprint density at radius 2 is 2.12 bits per heavy atom. The third kappa shape index (κ3) is 3.89. The van der Waals surface area contributed by atoms with E-state index in [4.69, 9.17) is 14.2 Å². The molecule has 0 amide bonds. The predicted molar refractivity (Wildman–Crippen MR) is 115 cm³/mol. The van der Waals surface area contributed by atoms with Crippen LogP contribution in [-0.4, -0.2) is 39.8 Å². The maximum Gasteiger partial charge on any atom is 0.258 e. The maximum atomic E-state index is 14.0. The summed E-state index contributed by atoms with van der Waals surface area (Å²) in [7, 11) is 1.35. The van der Waals surface area contributed by atoms with Crippen LogP contribution < -0.4 is 10.3 Å². The average Bonchev–Trinajstić information content (AvgIpc) is 3.28. The first-order valence-electron chi connectivity index (χ1n) is 10.6. The van der Waals surface area contributed by atoms with Crippen molar-refractivity contribution in [2.24, 2.45) is 0 Å². The minimum Gasteiger partial charge on any atom is -0.494 e. The molecule has 2 aromatic heterocycles. The molecule has 0 saturated heterocycles. The van der Waals surface area contributed by atoms with Crippen molar-refractivity contribution in [3.05, 3.63) is 62.7 Å². The van der Waals surface area contributed by atoms with Gasteiger partial charge < -0.3 is 9.26 Å². The van der Waals surface area contributed by atoms with Crippen molar-refractivity contribution in [1.82, 2.24) is 19.6 Å². The molecular weight excluding hydrogens is 413 g/mol. The molecule has 0 atom stereocenters. The van der Waals surface area contributed by atoms with Gasteiger partial charge in [0, 0.05) is 37.6 Å². The quantitative estimate of drug-likeness (QED) is 0.585. The van der Waals surface area contributed by atoms with Gasteiger partial charge >= 0.3 is 0 Å². The van der Waals surface area contributed by atoms with Gasteiger partial charge in [0.2, 0.25) is 0 Å². The maximum absolute atomic E-state index is 14.0. The van der Waals surface area contributed by atoms with Gasteiger partial charge in [0.25, 0.3) is 5.56 Å². The molecule has 0 unspecified atom stereocenters. The lowest BCUT2D eigenvalue weighted by atomic mass is 10.0. The Morgan fingerprint density at radius 1 is 1.31 bits per heavy atom. The summed E-state index contributed by atoms with van der Waals surface area (Å²) in [4.78, 5) is 20.3. The fourth-order valence-electron chi connectivity index (χ4n) is 4.00. The normalized spacial score (nSPS) is 13.6. The zero-order valence-corrected chi connectivity index (χ0v) is 18.3. The molecule has 1 aliphatic heterocycles. The van der Waals surface area contributed by atoms with Crippen molar-refractivity contribution in [2.45, 2.75) is 39.8 Å². The van der Waals surface area contributed by atoms with Gasteiger partial charge in [-0.2, -0.15) is 5.26 Å². The van der Waals surface area contributed by atoms with Crippen LogP contribution in [0.1, 0.15) is 42.2 Å². The van der Waals surface area contributed by atoms with Crippen LogP contribution in [0.2, 0.25) is 0 Å². The van der Waals surface area contributed by atoms with Gasteiger partial charge in [-0.3, -0.25) is 14.3 Å².